The number of nitrogens with one attached hydrogen (secondary N) is 1. The van der Waals surface area contributed by atoms with Crippen LogP contribution >= 0.6 is 0 Å². The van der Waals surface area contributed by atoms with Gasteiger partial charge in [0.2, 0.25) is 0 Å². The van der Waals surface area contributed by atoms with Crippen LogP contribution in [-0.4, -0.2) is 23.0 Å². The maximum absolute atomic E-state index is 11.3. The molecular formula is C12H11N3O2. The smallest absolute Gasteiger partial charge is 0.358 e. The summed E-state index contributed by atoms with van der Waals surface area (Å²) >= 11 is 0. The molecule has 0 spiro atoms. The number of aromatic nitrogens is 2. The van der Waals surface area contributed by atoms with Crippen LogP contribution in [0.15, 0.2) is 42.7 Å². The van der Waals surface area contributed by atoms with Crippen LogP contribution < -0.4 is 5.32 Å². The summed E-state index contributed by atoms with van der Waals surface area (Å²) in [6.45, 7) is 0. The van der Waals surface area contributed by atoms with Gasteiger partial charge in [0, 0.05) is 5.69 Å². The first-order valence-electron chi connectivity index (χ1n) is 5.02. The monoisotopic (exact) mass is 229 g/mol. The van der Waals surface area contributed by atoms with Crippen molar-refractivity contribution in [3.8, 4) is 0 Å². The second-order valence-corrected chi connectivity index (χ2v) is 3.27. The molecule has 0 fully saturated rings. The summed E-state index contributed by atoms with van der Waals surface area (Å²) in [5.74, 6) is -0.00619. The number of hydrogen-bond donors (Lipinski definition) is 1. The molecule has 0 saturated heterocycles. The number of carbonyl (C=O) groups excluding carboxylic acids is 1. The SMILES string of the molecule is COC(=O)c1cncc(Nc2ccccc2)n1. The number of methoxy groups -OCH3 is 1. The van der Waals surface area contributed by atoms with Crippen LogP contribution in [0.3, 0.4) is 0 Å². The molecule has 86 valence electrons. The van der Waals surface area contributed by atoms with Gasteiger partial charge in [-0.15, -0.1) is 0 Å². The van der Waals surface area contributed by atoms with Crippen molar-refractivity contribution in [2.45, 2.75) is 0 Å². The second-order valence-electron chi connectivity index (χ2n) is 3.27. The Kier molecular flexibility index (Phi) is 3.30. The molecule has 0 aliphatic heterocycles. The number of carbonyl (C=O) groups is 1. The first kappa shape index (κ1) is 11.1. The minimum Gasteiger partial charge on any atom is -0.464 e. The molecule has 0 aliphatic rings. The Balaban J connectivity index is 2.20. The van der Waals surface area contributed by atoms with E-state index < -0.39 is 5.97 Å². The Morgan fingerprint density at radius 3 is 2.71 bits per heavy atom. The molecule has 0 aliphatic carbocycles. The summed E-state index contributed by atoms with van der Waals surface area (Å²) in [5, 5.41) is 3.04. The number of anilines is 2. The van der Waals surface area contributed by atoms with E-state index in [9.17, 15) is 4.79 Å². The molecule has 17 heavy (non-hydrogen) atoms. The summed E-state index contributed by atoms with van der Waals surface area (Å²) < 4.78 is 4.57. The van der Waals surface area contributed by atoms with Gasteiger partial charge in [-0.05, 0) is 12.1 Å². The van der Waals surface area contributed by atoms with Crippen molar-refractivity contribution in [2.75, 3.05) is 12.4 Å². The van der Waals surface area contributed by atoms with Crippen LogP contribution in [0.25, 0.3) is 0 Å². The molecule has 1 N–H and O–H groups in total. The molecule has 1 heterocycles. The van der Waals surface area contributed by atoms with Gasteiger partial charge in [-0.25, -0.2) is 9.78 Å². The van der Waals surface area contributed by atoms with Gasteiger partial charge in [-0.3, -0.25) is 4.98 Å². The van der Waals surface area contributed by atoms with E-state index in [-0.39, 0.29) is 5.69 Å². The fourth-order valence-electron chi connectivity index (χ4n) is 1.30. The molecule has 1 aromatic carbocycles. The summed E-state index contributed by atoms with van der Waals surface area (Å²) in [6.07, 6.45) is 2.90. The Morgan fingerprint density at radius 1 is 1.24 bits per heavy atom. The second kappa shape index (κ2) is 5.07. The van der Waals surface area contributed by atoms with Crippen molar-refractivity contribution in [3.05, 3.63) is 48.4 Å². The van der Waals surface area contributed by atoms with E-state index in [2.05, 4.69) is 20.0 Å². The van der Waals surface area contributed by atoms with Gasteiger partial charge in [0.05, 0.1) is 19.5 Å². The van der Waals surface area contributed by atoms with Gasteiger partial charge in [0.25, 0.3) is 0 Å². The fraction of sp³-hybridized carbons (Fsp3) is 0.0833. The molecule has 1 aromatic heterocycles. The highest BCUT2D eigenvalue weighted by molar-refractivity contribution is 5.87. The number of hydrogen-bond acceptors (Lipinski definition) is 5. The Morgan fingerprint density at radius 2 is 2.00 bits per heavy atom. The number of ether oxygens (including phenoxy) is 1. The number of benzene rings is 1. The molecule has 5 nitrogen and oxygen atoms in total. The van der Waals surface area contributed by atoms with Crippen molar-refractivity contribution in [1.82, 2.24) is 9.97 Å². The van der Waals surface area contributed by atoms with Crippen molar-refractivity contribution in [2.24, 2.45) is 0 Å². The molecular weight excluding hydrogens is 218 g/mol. The average molecular weight is 229 g/mol. The highest BCUT2D eigenvalue weighted by atomic mass is 16.5. The highest BCUT2D eigenvalue weighted by Gasteiger charge is 2.08. The van der Waals surface area contributed by atoms with Crippen LogP contribution in [-0.2, 0) is 4.74 Å². The first-order chi connectivity index (χ1) is 8.29. The van der Waals surface area contributed by atoms with Crippen LogP contribution in [0.1, 0.15) is 10.5 Å². The molecule has 5 heteroatoms. The van der Waals surface area contributed by atoms with E-state index in [4.69, 9.17) is 0 Å². The molecule has 0 amide bonds. The van der Waals surface area contributed by atoms with Crippen molar-refractivity contribution >= 4 is 17.5 Å². The number of rotatable bonds is 3. The van der Waals surface area contributed by atoms with Gasteiger partial charge in [-0.1, -0.05) is 18.2 Å². The molecule has 2 rings (SSSR count). The molecule has 0 saturated carbocycles. The van der Waals surface area contributed by atoms with E-state index in [0.717, 1.165) is 5.69 Å². The van der Waals surface area contributed by atoms with E-state index in [1.807, 2.05) is 30.3 Å². The highest BCUT2D eigenvalue weighted by Crippen LogP contribution is 2.12. The lowest BCUT2D eigenvalue weighted by Gasteiger charge is -2.05. The van der Waals surface area contributed by atoms with Gasteiger partial charge in [-0.2, -0.15) is 0 Å². The number of para-hydroxylation sites is 1. The maximum atomic E-state index is 11.3. The third-order valence-electron chi connectivity index (χ3n) is 2.08. The normalized spacial score (nSPS) is 9.71. The van der Waals surface area contributed by atoms with Crippen LogP contribution in [0, 0.1) is 0 Å². The van der Waals surface area contributed by atoms with E-state index in [0.29, 0.717) is 5.82 Å². The lowest BCUT2D eigenvalue weighted by molar-refractivity contribution is 0.0593. The van der Waals surface area contributed by atoms with Crippen molar-refractivity contribution in [1.29, 1.82) is 0 Å². The molecule has 0 unspecified atom stereocenters. The summed E-state index contributed by atoms with van der Waals surface area (Å²) in [4.78, 5) is 19.3. The van der Waals surface area contributed by atoms with Gasteiger partial charge < -0.3 is 10.1 Å². The topological polar surface area (TPSA) is 64.1 Å². The van der Waals surface area contributed by atoms with Crippen LogP contribution in [0.4, 0.5) is 11.5 Å². The standard InChI is InChI=1S/C12H11N3O2/c1-17-12(16)10-7-13-8-11(15-10)14-9-5-3-2-4-6-9/h2-8H,1H3,(H,14,15). The maximum Gasteiger partial charge on any atom is 0.358 e. The fourth-order valence-corrected chi connectivity index (χ4v) is 1.30. The predicted octanol–water partition coefficient (Wildman–Crippen LogP) is 2.01. The number of esters is 1. The quantitative estimate of drug-likeness (QED) is 0.815. The van der Waals surface area contributed by atoms with Gasteiger partial charge >= 0.3 is 5.97 Å². The first-order valence-corrected chi connectivity index (χ1v) is 5.02. The Labute approximate surface area is 98.5 Å². The minimum absolute atomic E-state index is 0.174. The molecule has 0 radical (unpaired) electrons. The molecule has 2 aromatic rings. The van der Waals surface area contributed by atoms with Gasteiger partial charge in [0.15, 0.2) is 5.69 Å². The summed E-state index contributed by atoms with van der Waals surface area (Å²) in [7, 11) is 1.31. The van der Waals surface area contributed by atoms with Gasteiger partial charge in [0.1, 0.15) is 5.82 Å². The van der Waals surface area contributed by atoms with E-state index in [1.54, 1.807) is 6.20 Å². The zero-order valence-corrected chi connectivity index (χ0v) is 9.25. The number of nitrogens with zero attached hydrogens (tertiary/aromatic N) is 2. The van der Waals surface area contributed by atoms with Crippen molar-refractivity contribution in [3.63, 3.8) is 0 Å². The minimum atomic E-state index is -0.505. The Hall–Kier alpha value is -2.43. The van der Waals surface area contributed by atoms with Crippen LogP contribution in [0.2, 0.25) is 0 Å². The average Bonchev–Trinajstić information content (AvgIpc) is 2.39. The van der Waals surface area contributed by atoms with E-state index >= 15 is 0 Å². The van der Waals surface area contributed by atoms with E-state index in [1.165, 1.54) is 13.3 Å². The predicted molar refractivity (Wildman–Crippen MR) is 63.1 cm³/mol. The zero-order valence-electron chi connectivity index (χ0n) is 9.25. The molecule has 0 bridgehead atoms. The molecule has 0 atom stereocenters. The zero-order chi connectivity index (χ0) is 12.1. The lowest BCUT2D eigenvalue weighted by atomic mass is 10.3. The largest absolute Gasteiger partial charge is 0.464 e. The van der Waals surface area contributed by atoms with Crippen molar-refractivity contribution < 1.29 is 9.53 Å². The summed E-state index contributed by atoms with van der Waals surface area (Å²) in [5.41, 5.74) is 1.05. The lowest BCUT2D eigenvalue weighted by Crippen LogP contribution is -2.06. The Bertz CT molecular complexity index is 514. The summed E-state index contributed by atoms with van der Waals surface area (Å²) in [6, 6.07) is 9.51. The third kappa shape index (κ3) is 2.78. The third-order valence-corrected chi connectivity index (χ3v) is 2.08. The van der Waals surface area contributed by atoms with Crippen LogP contribution in [0.5, 0.6) is 0 Å².